The molecule has 0 rings (SSSR count). The molecule has 0 bridgehead atoms. The summed E-state index contributed by atoms with van der Waals surface area (Å²) >= 11 is 0. The van der Waals surface area contributed by atoms with Crippen molar-refractivity contribution in [1.82, 2.24) is 5.32 Å². The molecule has 0 aliphatic carbocycles. The largest absolute Gasteiger partial charge is 0.472 e. The van der Waals surface area contributed by atoms with Crippen molar-refractivity contribution in [1.29, 1.82) is 0 Å². The van der Waals surface area contributed by atoms with Crippen molar-refractivity contribution in [2.24, 2.45) is 0 Å². The van der Waals surface area contributed by atoms with Gasteiger partial charge in [0.15, 0.2) is 0 Å². The van der Waals surface area contributed by atoms with Crippen LogP contribution in [0.15, 0.2) is 72.9 Å². The van der Waals surface area contributed by atoms with Crippen molar-refractivity contribution >= 4 is 19.7 Å². The van der Waals surface area contributed by atoms with Crippen LogP contribution in [0.5, 0.6) is 0 Å². The molecule has 0 aromatic heterocycles. The van der Waals surface area contributed by atoms with E-state index >= 15 is 0 Å². The van der Waals surface area contributed by atoms with Crippen LogP contribution in [0, 0.1) is 0 Å². The lowest BCUT2D eigenvalue weighted by molar-refractivity contribution is -0.870. The summed E-state index contributed by atoms with van der Waals surface area (Å²) in [6.45, 7) is 7.01. The molecule has 10 heteroatoms. The lowest BCUT2D eigenvalue weighted by atomic mass is 10.0. The van der Waals surface area contributed by atoms with Crippen molar-refractivity contribution in [3.05, 3.63) is 72.9 Å². The number of nitrogens with zero attached hydrogens (tertiary/aromatic N) is 1. The van der Waals surface area contributed by atoms with Gasteiger partial charge in [-0.05, 0) is 102 Å². The first kappa shape index (κ1) is 82.5. The number of hydrogen-bond acceptors (Lipinski definition) is 6. The molecule has 0 aliphatic rings. The first-order valence-electron chi connectivity index (χ1n) is 36.3. The van der Waals surface area contributed by atoms with Crippen molar-refractivity contribution in [3.63, 3.8) is 0 Å². The lowest BCUT2D eigenvalue weighted by Crippen LogP contribution is -2.47. The van der Waals surface area contributed by atoms with Crippen molar-refractivity contribution < 1.29 is 37.3 Å². The van der Waals surface area contributed by atoms with Gasteiger partial charge in [-0.1, -0.05) is 299 Å². The van der Waals surface area contributed by atoms with Gasteiger partial charge < -0.3 is 19.4 Å². The van der Waals surface area contributed by atoms with E-state index in [1.807, 2.05) is 33.3 Å². The molecule has 0 spiro atoms. The predicted octanol–water partition coefficient (Wildman–Crippen LogP) is 23.1. The number of ether oxygens (including phenoxy) is 1. The standard InChI is InChI=1S/C75H139N2O7P/c1-7-10-13-16-19-22-25-27-29-31-33-35-37-38-40-41-43-45-47-49-52-55-58-61-64-67-74(78)76-72(71-83-85(80,81)82-70-69-77(4,5)6)73(66-63-60-57-54-51-24-21-18-15-12-9-3)84-75(79)68-65-62-59-56-53-50-48-46-44-42-39-36-34-32-30-28-26-23-20-17-14-11-8-2/h19,22,27-30,33,35,38,40,63,66,72-73H,7-18,20-21,23-26,31-32,34,36-37,39,41-62,64-65,67-71H2,1-6H3,(H-,76,78,80,81)/p+1/b22-19-,29-27-,30-28+,35-33-,40-38-,66-63+. The van der Waals surface area contributed by atoms with Crippen LogP contribution < -0.4 is 5.32 Å². The van der Waals surface area contributed by atoms with Gasteiger partial charge in [-0.15, -0.1) is 0 Å². The minimum absolute atomic E-state index is 0.0378. The first-order chi connectivity index (χ1) is 41.4. The second kappa shape index (κ2) is 64.4. The van der Waals surface area contributed by atoms with Gasteiger partial charge in [0.05, 0.1) is 33.8 Å². The number of carbonyl (C=O) groups is 2. The summed E-state index contributed by atoms with van der Waals surface area (Å²) in [5.41, 5.74) is 0. The molecule has 9 nitrogen and oxygen atoms in total. The number of quaternary nitrogens is 1. The lowest BCUT2D eigenvalue weighted by Gasteiger charge is -2.27. The van der Waals surface area contributed by atoms with E-state index in [1.165, 1.54) is 218 Å². The maximum absolute atomic E-state index is 13.6. The van der Waals surface area contributed by atoms with Crippen LogP contribution in [0.2, 0.25) is 0 Å². The molecule has 0 heterocycles. The van der Waals surface area contributed by atoms with Crippen LogP contribution in [0.4, 0.5) is 0 Å². The van der Waals surface area contributed by atoms with Crippen LogP contribution in [0.1, 0.15) is 342 Å². The fourth-order valence-electron chi connectivity index (χ4n) is 10.5. The molecule has 3 unspecified atom stereocenters. The maximum atomic E-state index is 13.6. The predicted molar refractivity (Wildman–Crippen MR) is 369 cm³/mol. The second-order valence-electron chi connectivity index (χ2n) is 25.8. The molecule has 1 amide bonds. The van der Waals surface area contributed by atoms with Crippen molar-refractivity contribution in [2.45, 2.75) is 354 Å². The highest BCUT2D eigenvalue weighted by Crippen LogP contribution is 2.43. The minimum Gasteiger partial charge on any atom is -0.456 e. The summed E-state index contributed by atoms with van der Waals surface area (Å²) in [7, 11) is 1.50. The number of carbonyl (C=O) groups excluding carboxylic acids is 2. The van der Waals surface area contributed by atoms with E-state index < -0.39 is 20.0 Å². The Labute approximate surface area is 527 Å². The van der Waals surface area contributed by atoms with Crippen LogP contribution in [-0.4, -0.2) is 74.3 Å². The number of likely N-dealkylation sites (N-methyl/N-ethyl adjacent to an activating group) is 1. The summed E-state index contributed by atoms with van der Waals surface area (Å²) in [5.74, 6) is -0.502. The molecule has 2 N–H and O–H groups in total. The highest BCUT2D eigenvalue weighted by atomic mass is 31.2. The Morgan fingerprint density at radius 1 is 0.412 bits per heavy atom. The second-order valence-corrected chi connectivity index (χ2v) is 27.2. The summed E-state index contributed by atoms with van der Waals surface area (Å²) in [5, 5.41) is 3.07. The monoisotopic (exact) mass is 1210 g/mol. The summed E-state index contributed by atoms with van der Waals surface area (Å²) in [4.78, 5) is 37.9. The summed E-state index contributed by atoms with van der Waals surface area (Å²) < 4.78 is 30.8. The third kappa shape index (κ3) is 65.7. The molecule has 0 fully saturated rings. The first-order valence-corrected chi connectivity index (χ1v) is 37.8. The fraction of sp³-hybridized carbons (Fsp3) is 0.813. The highest BCUT2D eigenvalue weighted by molar-refractivity contribution is 7.47. The Morgan fingerprint density at radius 2 is 0.718 bits per heavy atom. The average molecular weight is 1210 g/mol. The molecular weight excluding hydrogens is 1070 g/mol. The van der Waals surface area contributed by atoms with E-state index in [0.29, 0.717) is 23.9 Å². The van der Waals surface area contributed by atoms with Gasteiger partial charge in [-0.3, -0.25) is 18.6 Å². The highest BCUT2D eigenvalue weighted by Gasteiger charge is 2.30. The molecule has 0 radical (unpaired) electrons. The van der Waals surface area contributed by atoms with Gasteiger partial charge in [0.1, 0.15) is 19.3 Å². The zero-order valence-corrected chi connectivity index (χ0v) is 57.7. The van der Waals surface area contributed by atoms with Crippen molar-refractivity contribution in [3.8, 4) is 0 Å². The number of rotatable bonds is 66. The molecule has 0 aromatic carbocycles. The van der Waals surface area contributed by atoms with E-state index in [-0.39, 0.29) is 25.1 Å². The zero-order valence-electron chi connectivity index (χ0n) is 56.9. The Kier molecular flexibility index (Phi) is 62.5. The molecule has 0 saturated heterocycles. The van der Waals surface area contributed by atoms with Gasteiger partial charge in [0.25, 0.3) is 0 Å². The quantitative estimate of drug-likeness (QED) is 0.0205. The number of phosphoric acid groups is 1. The average Bonchev–Trinajstić information content (AvgIpc) is 3.64. The number of amides is 1. The number of esters is 1. The molecule has 0 aromatic rings. The number of hydrogen-bond donors (Lipinski definition) is 2. The summed E-state index contributed by atoms with van der Waals surface area (Å²) in [6.07, 6.45) is 84.9. The van der Waals surface area contributed by atoms with E-state index in [2.05, 4.69) is 86.8 Å². The molecule has 3 atom stereocenters. The van der Waals surface area contributed by atoms with Crippen LogP contribution in [-0.2, 0) is 27.9 Å². The van der Waals surface area contributed by atoms with Crippen molar-refractivity contribution in [2.75, 3.05) is 40.9 Å². The minimum atomic E-state index is -4.46. The molecule has 496 valence electrons. The molecule has 85 heavy (non-hydrogen) atoms. The normalized spacial score (nSPS) is 13.9. The fourth-order valence-corrected chi connectivity index (χ4v) is 11.2. The third-order valence-corrected chi connectivity index (χ3v) is 17.1. The zero-order chi connectivity index (χ0) is 62.1. The SMILES string of the molecule is CCCCC/C=C\C/C=C\C/C=C\C/C=C\CCCCCCCCCCCC(=O)NC(COP(=O)(O)OCC[N+](C)(C)C)C(/C=C/CCCCCCCCCCC)OC(=O)CCCCCCCCCCCCCCC/C=C/CCCCCCCC. The Balaban J connectivity index is 5.02. The number of unbranched alkanes of at least 4 members (excludes halogenated alkanes) is 40. The maximum Gasteiger partial charge on any atom is 0.472 e. The van der Waals surface area contributed by atoms with E-state index in [4.69, 9.17) is 13.8 Å². The molecular formula is C75H140N2O7P+. The van der Waals surface area contributed by atoms with Gasteiger partial charge in [0.2, 0.25) is 5.91 Å². The smallest absolute Gasteiger partial charge is 0.456 e. The van der Waals surface area contributed by atoms with Crippen LogP contribution in [0.3, 0.4) is 0 Å². The molecule has 0 aliphatic heterocycles. The van der Waals surface area contributed by atoms with Gasteiger partial charge in [0, 0.05) is 12.8 Å². The van der Waals surface area contributed by atoms with E-state index in [1.54, 1.807) is 0 Å². The molecule has 0 saturated carbocycles. The van der Waals surface area contributed by atoms with E-state index in [9.17, 15) is 19.0 Å². The van der Waals surface area contributed by atoms with Crippen LogP contribution >= 0.6 is 7.82 Å². The number of allylic oxidation sites excluding steroid dienone is 11. The van der Waals surface area contributed by atoms with Crippen LogP contribution in [0.25, 0.3) is 0 Å². The Morgan fingerprint density at radius 3 is 1.11 bits per heavy atom. The van der Waals surface area contributed by atoms with Gasteiger partial charge in [-0.2, -0.15) is 0 Å². The van der Waals surface area contributed by atoms with E-state index in [0.717, 1.165) is 89.9 Å². The van der Waals surface area contributed by atoms with Gasteiger partial charge >= 0.3 is 13.8 Å². The number of nitrogens with one attached hydrogen (secondary N) is 1. The number of phosphoric ester groups is 1. The Hall–Kier alpha value is -2.55. The third-order valence-electron chi connectivity index (χ3n) is 16.1. The Bertz CT molecular complexity index is 1680. The van der Waals surface area contributed by atoms with Gasteiger partial charge in [-0.25, -0.2) is 4.57 Å². The summed E-state index contributed by atoms with van der Waals surface area (Å²) in [6, 6.07) is -0.854. The topological polar surface area (TPSA) is 111 Å².